The van der Waals surface area contributed by atoms with E-state index in [9.17, 15) is 9.59 Å². The minimum absolute atomic E-state index is 0.142. The van der Waals surface area contributed by atoms with Gasteiger partial charge in [-0.25, -0.2) is 14.3 Å². The monoisotopic (exact) mass is 377 g/mol. The van der Waals surface area contributed by atoms with Gasteiger partial charge in [0.05, 0.1) is 18.6 Å². The predicted octanol–water partition coefficient (Wildman–Crippen LogP) is 1.79. The molecular weight excluding hydrogens is 358 g/mol. The lowest BCUT2D eigenvalue weighted by Crippen LogP contribution is -2.40. The summed E-state index contributed by atoms with van der Waals surface area (Å²) in [6, 6.07) is 12.7. The number of fused-ring (bicyclic) bond motifs is 1. The van der Waals surface area contributed by atoms with Gasteiger partial charge in [0.2, 0.25) is 0 Å². The van der Waals surface area contributed by atoms with Crippen LogP contribution in [0.15, 0.2) is 70.8 Å². The molecule has 0 bridgehead atoms. The second kappa shape index (κ2) is 7.61. The van der Waals surface area contributed by atoms with Crippen molar-refractivity contribution in [2.75, 3.05) is 6.61 Å². The summed E-state index contributed by atoms with van der Waals surface area (Å²) in [6.45, 7) is 2.71. The number of ether oxygens (including phenoxy) is 1. The SMILES string of the molecule is CCOCn1cnc2c1c(=O)n(Cc1ccncc1)c(=O)n2-c1ccccc1. The fourth-order valence-corrected chi connectivity index (χ4v) is 3.09. The molecule has 28 heavy (non-hydrogen) atoms. The molecule has 0 saturated heterocycles. The van der Waals surface area contributed by atoms with Gasteiger partial charge in [-0.2, -0.15) is 0 Å². The van der Waals surface area contributed by atoms with Gasteiger partial charge >= 0.3 is 5.69 Å². The highest BCUT2D eigenvalue weighted by Gasteiger charge is 2.19. The zero-order chi connectivity index (χ0) is 19.5. The molecule has 0 unspecified atom stereocenters. The van der Waals surface area contributed by atoms with E-state index in [1.807, 2.05) is 37.3 Å². The Balaban J connectivity index is 2.00. The summed E-state index contributed by atoms with van der Waals surface area (Å²) in [5.74, 6) is 0. The molecule has 0 spiro atoms. The Morgan fingerprint density at radius 2 is 1.79 bits per heavy atom. The molecule has 8 nitrogen and oxygen atoms in total. The zero-order valence-corrected chi connectivity index (χ0v) is 15.4. The number of rotatable bonds is 6. The fraction of sp³-hybridized carbons (Fsp3) is 0.200. The van der Waals surface area contributed by atoms with Crippen LogP contribution in [0.25, 0.3) is 16.9 Å². The van der Waals surface area contributed by atoms with Crippen molar-refractivity contribution in [1.82, 2.24) is 23.7 Å². The van der Waals surface area contributed by atoms with Gasteiger partial charge in [-0.15, -0.1) is 0 Å². The third-order valence-electron chi connectivity index (χ3n) is 4.44. The molecule has 0 fully saturated rings. The van der Waals surface area contributed by atoms with Crippen LogP contribution in [0.1, 0.15) is 12.5 Å². The van der Waals surface area contributed by atoms with Crippen molar-refractivity contribution in [3.63, 3.8) is 0 Å². The van der Waals surface area contributed by atoms with Gasteiger partial charge in [-0.1, -0.05) is 18.2 Å². The summed E-state index contributed by atoms with van der Waals surface area (Å²) in [6.07, 6.45) is 4.79. The van der Waals surface area contributed by atoms with E-state index >= 15 is 0 Å². The van der Waals surface area contributed by atoms with Crippen LogP contribution in [0.5, 0.6) is 0 Å². The maximum atomic E-state index is 13.3. The molecule has 4 rings (SSSR count). The Bertz CT molecular complexity index is 1210. The first-order valence-corrected chi connectivity index (χ1v) is 8.93. The Kier molecular flexibility index (Phi) is 4.86. The van der Waals surface area contributed by atoms with Gasteiger partial charge in [-0.05, 0) is 36.8 Å². The van der Waals surface area contributed by atoms with Crippen LogP contribution in [-0.4, -0.2) is 30.3 Å². The molecule has 0 N–H and O–H groups in total. The summed E-state index contributed by atoms with van der Waals surface area (Å²) in [5.41, 5.74) is 1.24. The van der Waals surface area contributed by atoms with E-state index in [-0.39, 0.29) is 13.3 Å². The molecule has 1 aromatic carbocycles. The van der Waals surface area contributed by atoms with E-state index in [0.29, 0.717) is 23.5 Å². The Morgan fingerprint density at radius 1 is 1.04 bits per heavy atom. The minimum atomic E-state index is -0.442. The van der Waals surface area contributed by atoms with Crippen molar-refractivity contribution >= 4 is 11.2 Å². The molecule has 0 aliphatic rings. The summed E-state index contributed by atoms with van der Waals surface area (Å²) in [4.78, 5) is 34.8. The van der Waals surface area contributed by atoms with Gasteiger partial charge in [0.1, 0.15) is 6.73 Å². The number of nitrogens with zero attached hydrogens (tertiary/aromatic N) is 5. The molecule has 0 aliphatic carbocycles. The van der Waals surface area contributed by atoms with Crippen LogP contribution in [-0.2, 0) is 18.0 Å². The number of benzene rings is 1. The molecule has 0 radical (unpaired) electrons. The average molecular weight is 377 g/mol. The number of hydrogen-bond donors (Lipinski definition) is 0. The molecule has 3 heterocycles. The summed E-state index contributed by atoms with van der Waals surface area (Å²) in [5, 5.41) is 0. The molecule has 3 aromatic heterocycles. The Morgan fingerprint density at radius 3 is 2.50 bits per heavy atom. The molecular formula is C20H19N5O3. The smallest absolute Gasteiger partial charge is 0.337 e. The number of hydrogen-bond acceptors (Lipinski definition) is 5. The van der Waals surface area contributed by atoms with Crippen LogP contribution in [0, 0.1) is 0 Å². The lowest BCUT2D eigenvalue weighted by molar-refractivity contribution is 0.0903. The second-order valence-corrected chi connectivity index (χ2v) is 6.21. The van der Waals surface area contributed by atoms with Crippen LogP contribution >= 0.6 is 0 Å². The second-order valence-electron chi connectivity index (χ2n) is 6.21. The fourth-order valence-electron chi connectivity index (χ4n) is 3.09. The highest BCUT2D eigenvalue weighted by molar-refractivity contribution is 5.72. The van der Waals surface area contributed by atoms with Crippen LogP contribution in [0.3, 0.4) is 0 Å². The lowest BCUT2D eigenvalue weighted by Gasteiger charge is -2.12. The minimum Gasteiger partial charge on any atom is -0.361 e. The van der Waals surface area contributed by atoms with Crippen molar-refractivity contribution in [1.29, 1.82) is 0 Å². The van der Waals surface area contributed by atoms with Crippen LogP contribution < -0.4 is 11.2 Å². The van der Waals surface area contributed by atoms with Gasteiger partial charge in [0.25, 0.3) is 5.56 Å². The maximum Gasteiger partial charge on any atom is 0.337 e. The topological polar surface area (TPSA) is 83.9 Å². The third-order valence-corrected chi connectivity index (χ3v) is 4.44. The molecule has 4 aromatic rings. The lowest BCUT2D eigenvalue weighted by atomic mass is 10.2. The normalized spacial score (nSPS) is 11.2. The van der Waals surface area contributed by atoms with E-state index in [2.05, 4.69) is 9.97 Å². The third kappa shape index (κ3) is 3.14. The molecule has 0 saturated carbocycles. The van der Waals surface area contributed by atoms with E-state index in [4.69, 9.17) is 4.74 Å². The van der Waals surface area contributed by atoms with Crippen molar-refractivity contribution in [3.8, 4) is 5.69 Å². The van der Waals surface area contributed by atoms with E-state index < -0.39 is 11.2 Å². The number of imidazole rings is 1. The molecule has 0 atom stereocenters. The quantitative estimate of drug-likeness (QED) is 0.511. The van der Waals surface area contributed by atoms with Crippen molar-refractivity contribution in [2.45, 2.75) is 20.2 Å². The van der Waals surface area contributed by atoms with Gasteiger partial charge in [-0.3, -0.25) is 14.3 Å². The predicted molar refractivity (Wildman–Crippen MR) is 105 cm³/mol. The first kappa shape index (κ1) is 17.9. The van der Waals surface area contributed by atoms with Crippen molar-refractivity contribution in [2.24, 2.45) is 0 Å². The van der Waals surface area contributed by atoms with E-state index in [0.717, 1.165) is 5.56 Å². The first-order chi connectivity index (χ1) is 13.7. The molecule has 0 aliphatic heterocycles. The van der Waals surface area contributed by atoms with Gasteiger partial charge in [0, 0.05) is 19.0 Å². The highest BCUT2D eigenvalue weighted by Crippen LogP contribution is 2.13. The highest BCUT2D eigenvalue weighted by atomic mass is 16.5. The Hall–Kier alpha value is -3.52. The molecule has 142 valence electrons. The summed E-state index contributed by atoms with van der Waals surface area (Å²) >= 11 is 0. The average Bonchev–Trinajstić information content (AvgIpc) is 3.15. The Labute approximate surface area is 160 Å². The molecule has 0 amide bonds. The van der Waals surface area contributed by atoms with Crippen molar-refractivity contribution < 1.29 is 4.74 Å². The number of pyridine rings is 1. The van der Waals surface area contributed by atoms with Gasteiger partial charge < -0.3 is 9.30 Å². The van der Waals surface area contributed by atoms with Gasteiger partial charge in [0.15, 0.2) is 11.2 Å². The maximum absolute atomic E-state index is 13.3. The largest absolute Gasteiger partial charge is 0.361 e. The zero-order valence-electron chi connectivity index (χ0n) is 15.4. The van der Waals surface area contributed by atoms with Crippen molar-refractivity contribution in [3.05, 3.63) is 87.6 Å². The standard InChI is InChI=1S/C20H19N5O3/c1-2-28-14-23-13-22-18-17(23)19(26)24(12-15-8-10-21-11-9-15)20(27)25(18)16-6-4-3-5-7-16/h3-11,13H,2,12,14H2,1H3. The summed E-state index contributed by atoms with van der Waals surface area (Å²) in [7, 11) is 0. The summed E-state index contributed by atoms with van der Waals surface area (Å²) < 4.78 is 9.76. The first-order valence-electron chi connectivity index (χ1n) is 8.93. The van der Waals surface area contributed by atoms with E-state index in [1.165, 1.54) is 15.5 Å². The molecule has 8 heteroatoms. The van der Waals surface area contributed by atoms with E-state index in [1.54, 1.807) is 29.1 Å². The van der Waals surface area contributed by atoms with Crippen LogP contribution in [0.2, 0.25) is 0 Å². The number of para-hydroxylation sites is 1. The number of aromatic nitrogens is 5. The van der Waals surface area contributed by atoms with Crippen LogP contribution in [0.4, 0.5) is 0 Å².